The second-order valence-electron chi connectivity index (χ2n) is 7.94. The molecule has 0 aliphatic heterocycles. The quantitative estimate of drug-likeness (QED) is 0.246. The molecule has 0 aromatic heterocycles. The Labute approximate surface area is 169 Å². The van der Waals surface area contributed by atoms with Gasteiger partial charge in [-0.05, 0) is 48.4 Å². The summed E-state index contributed by atoms with van der Waals surface area (Å²) in [7, 11) is -1.53. The van der Waals surface area contributed by atoms with Crippen LogP contribution in [0.25, 0.3) is 0 Å². The van der Waals surface area contributed by atoms with Crippen LogP contribution in [0.2, 0.25) is 18.1 Å². The van der Waals surface area contributed by atoms with Crippen LogP contribution in [-0.2, 0) is 15.8 Å². The summed E-state index contributed by atoms with van der Waals surface area (Å²) < 4.78 is 12.6. The van der Waals surface area contributed by atoms with Crippen LogP contribution in [0.5, 0.6) is 0 Å². The molecule has 0 aliphatic carbocycles. The summed E-state index contributed by atoms with van der Waals surface area (Å²) in [5, 5.41) is 0. The number of rotatable bonds is 14. The van der Waals surface area contributed by atoms with Gasteiger partial charge in [0.1, 0.15) is 0 Å². The van der Waals surface area contributed by atoms with Gasteiger partial charge < -0.3 is 9.16 Å². The van der Waals surface area contributed by atoms with Crippen molar-refractivity contribution in [3.05, 3.63) is 48.0 Å². The fourth-order valence-electron chi connectivity index (χ4n) is 3.55. The van der Waals surface area contributed by atoms with Crippen molar-refractivity contribution in [3.8, 4) is 0 Å². The predicted octanol–water partition coefficient (Wildman–Crippen LogP) is 7.22. The lowest BCUT2D eigenvalue weighted by molar-refractivity contribution is 0.0928. The smallest absolute Gasteiger partial charge is 0.192 e. The molecule has 1 aromatic rings. The molecule has 0 radical (unpaired) electrons. The van der Waals surface area contributed by atoms with Crippen LogP contribution >= 0.6 is 0 Å². The van der Waals surface area contributed by atoms with Crippen LogP contribution in [-0.4, -0.2) is 21.0 Å². The van der Waals surface area contributed by atoms with Crippen molar-refractivity contribution < 1.29 is 9.16 Å². The average molecular weight is 391 g/mol. The molecule has 1 rings (SSSR count). The van der Waals surface area contributed by atoms with Crippen LogP contribution in [0.1, 0.15) is 59.9 Å². The summed E-state index contributed by atoms with van der Waals surface area (Å²) in [6, 6.07) is 14.1. The zero-order chi connectivity index (χ0) is 20.1. The van der Waals surface area contributed by atoms with E-state index in [2.05, 4.69) is 78.0 Å². The van der Waals surface area contributed by atoms with Gasteiger partial charge in [0.15, 0.2) is 8.32 Å². The molecular formula is C24H42O2Si. The topological polar surface area (TPSA) is 18.5 Å². The highest BCUT2D eigenvalue weighted by molar-refractivity contribution is 6.73. The van der Waals surface area contributed by atoms with E-state index in [-0.39, 0.29) is 0 Å². The lowest BCUT2D eigenvalue weighted by atomic mass is 10.0. The zero-order valence-electron chi connectivity index (χ0n) is 18.5. The lowest BCUT2D eigenvalue weighted by Gasteiger charge is -2.35. The van der Waals surface area contributed by atoms with Gasteiger partial charge >= 0.3 is 0 Å². The largest absolute Gasteiger partial charge is 0.413 e. The Hall–Kier alpha value is -0.903. The summed E-state index contributed by atoms with van der Waals surface area (Å²) in [4.78, 5) is 0. The monoisotopic (exact) mass is 390 g/mol. The molecule has 3 atom stereocenters. The Morgan fingerprint density at radius 2 is 1.59 bits per heavy atom. The zero-order valence-corrected chi connectivity index (χ0v) is 19.5. The first kappa shape index (κ1) is 24.1. The molecule has 0 amide bonds. The summed E-state index contributed by atoms with van der Waals surface area (Å²) >= 11 is 0. The molecule has 154 valence electrons. The number of allylic oxidation sites excluding steroid dienone is 1. The van der Waals surface area contributed by atoms with E-state index in [1.807, 2.05) is 6.07 Å². The molecule has 0 heterocycles. The maximum atomic E-state index is 6.73. The second kappa shape index (κ2) is 13.3. The van der Waals surface area contributed by atoms with E-state index in [4.69, 9.17) is 9.16 Å². The number of hydrogen-bond donors (Lipinski definition) is 0. The summed E-state index contributed by atoms with van der Waals surface area (Å²) in [6.45, 7) is 15.3. The van der Waals surface area contributed by atoms with Gasteiger partial charge in [-0.25, -0.2) is 0 Å². The number of benzene rings is 1. The van der Waals surface area contributed by atoms with E-state index in [1.165, 1.54) is 23.7 Å². The molecule has 0 spiro atoms. The lowest BCUT2D eigenvalue weighted by Crippen LogP contribution is -2.41. The van der Waals surface area contributed by atoms with E-state index < -0.39 is 8.32 Å². The third-order valence-corrected chi connectivity index (χ3v) is 10.5. The van der Waals surface area contributed by atoms with Gasteiger partial charge in [-0.3, -0.25) is 0 Å². The highest BCUT2D eigenvalue weighted by Gasteiger charge is 2.32. The molecule has 0 fully saturated rings. The van der Waals surface area contributed by atoms with Gasteiger partial charge in [0.25, 0.3) is 0 Å². The van der Waals surface area contributed by atoms with Gasteiger partial charge in [-0.2, -0.15) is 0 Å². The summed E-state index contributed by atoms with van der Waals surface area (Å²) in [6.07, 6.45) is 7.21. The van der Waals surface area contributed by atoms with Crippen LogP contribution < -0.4 is 0 Å². The molecule has 3 heteroatoms. The normalized spacial score (nSPS) is 15.8. The molecule has 0 aliphatic rings. The fraction of sp³-hybridized carbons (Fsp3) is 0.667. The van der Waals surface area contributed by atoms with E-state index in [9.17, 15) is 0 Å². The van der Waals surface area contributed by atoms with Crippen molar-refractivity contribution in [2.45, 2.75) is 85.2 Å². The minimum Gasteiger partial charge on any atom is -0.413 e. The first-order valence-electron chi connectivity index (χ1n) is 11.0. The van der Waals surface area contributed by atoms with Gasteiger partial charge in [0, 0.05) is 6.61 Å². The molecule has 27 heavy (non-hydrogen) atoms. The second-order valence-corrected chi connectivity index (χ2v) is 12.7. The van der Waals surface area contributed by atoms with Gasteiger partial charge in [0.2, 0.25) is 0 Å². The van der Waals surface area contributed by atoms with Crippen molar-refractivity contribution in [3.63, 3.8) is 0 Å². The first-order chi connectivity index (χ1) is 13.0. The van der Waals surface area contributed by atoms with Crippen molar-refractivity contribution in [1.29, 1.82) is 0 Å². The van der Waals surface area contributed by atoms with E-state index in [0.717, 1.165) is 19.4 Å². The summed E-state index contributed by atoms with van der Waals surface area (Å²) in [5.41, 5.74) is 1.24. The van der Waals surface area contributed by atoms with Crippen LogP contribution in [0.3, 0.4) is 0 Å². The Morgan fingerprint density at radius 3 is 2.15 bits per heavy atom. The Bertz CT molecular complexity index is 502. The maximum Gasteiger partial charge on any atom is 0.192 e. The van der Waals surface area contributed by atoms with Crippen molar-refractivity contribution in [2.24, 2.45) is 11.8 Å². The summed E-state index contributed by atoms with van der Waals surface area (Å²) in [5.74, 6) is 1.01. The maximum absolute atomic E-state index is 6.73. The van der Waals surface area contributed by atoms with Gasteiger partial charge in [-0.1, -0.05) is 84.0 Å². The van der Waals surface area contributed by atoms with Crippen LogP contribution in [0.15, 0.2) is 42.5 Å². The van der Waals surface area contributed by atoms with E-state index >= 15 is 0 Å². The third kappa shape index (κ3) is 8.76. The molecule has 1 aromatic carbocycles. The average Bonchev–Trinajstić information content (AvgIpc) is 2.70. The predicted molar refractivity (Wildman–Crippen MR) is 121 cm³/mol. The molecular weight excluding hydrogens is 348 g/mol. The molecule has 0 N–H and O–H groups in total. The molecule has 0 saturated heterocycles. The molecule has 0 saturated carbocycles. The highest BCUT2D eigenvalue weighted by atomic mass is 28.4. The standard InChI is InChI=1S/C24H42O2Si/c1-7-24(26-27(8-2,9-3)10-4)22(6)16-14-15-21(5)19-25-20-23-17-12-11-13-18-23/h11-14,16-18,21-22,24H,7-10,15,19-20H2,1-6H3/b16-14+/t21-,22+,24-/m0/s1. The van der Waals surface area contributed by atoms with Gasteiger partial charge in [-0.15, -0.1) is 0 Å². The fourth-order valence-corrected chi connectivity index (χ4v) is 6.58. The molecule has 0 unspecified atom stereocenters. The number of ether oxygens (including phenoxy) is 1. The Kier molecular flexibility index (Phi) is 11.9. The first-order valence-corrected chi connectivity index (χ1v) is 13.5. The van der Waals surface area contributed by atoms with Gasteiger partial charge in [0.05, 0.1) is 12.7 Å². The molecule has 2 nitrogen and oxygen atoms in total. The van der Waals surface area contributed by atoms with Crippen molar-refractivity contribution in [1.82, 2.24) is 0 Å². The van der Waals surface area contributed by atoms with Crippen LogP contribution in [0, 0.1) is 11.8 Å². The van der Waals surface area contributed by atoms with E-state index in [1.54, 1.807) is 0 Å². The SMILES string of the molecule is CC[C@H](O[Si](CC)(CC)CC)[C@H](C)/C=C/C[C@H](C)COCc1ccccc1. The third-order valence-electron chi connectivity index (χ3n) is 5.82. The Balaban J connectivity index is 2.40. The van der Waals surface area contributed by atoms with E-state index in [0.29, 0.717) is 24.5 Å². The molecule has 0 bridgehead atoms. The van der Waals surface area contributed by atoms with Crippen molar-refractivity contribution in [2.75, 3.05) is 6.61 Å². The Morgan fingerprint density at radius 1 is 0.963 bits per heavy atom. The number of hydrogen-bond acceptors (Lipinski definition) is 2. The van der Waals surface area contributed by atoms with Crippen molar-refractivity contribution >= 4 is 8.32 Å². The minimum atomic E-state index is -1.53. The highest BCUT2D eigenvalue weighted by Crippen LogP contribution is 2.27. The van der Waals surface area contributed by atoms with Crippen LogP contribution in [0.4, 0.5) is 0 Å². The minimum absolute atomic E-state index is 0.359.